The van der Waals surface area contributed by atoms with E-state index in [0.29, 0.717) is 6.54 Å². The topological polar surface area (TPSA) is 41.1 Å². The molecule has 0 radical (unpaired) electrons. The van der Waals surface area contributed by atoms with Gasteiger partial charge in [0.1, 0.15) is 0 Å². The second-order valence-electron chi connectivity index (χ2n) is 4.86. The number of nitrogens with one attached hydrogen (secondary N) is 2. The lowest BCUT2D eigenvalue weighted by atomic mass is 9.96. The number of fused-ring (bicyclic) bond motifs is 1. The third-order valence-electron chi connectivity index (χ3n) is 3.39. The third-order valence-corrected chi connectivity index (χ3v) is 3.39. The van der Waals surface area contributed by atoms with Crippen LogP contribution in [0.2, 0.25) is 0 Å². The number of carbonyl (C=O) groups excluding carboxylic acids is 1. The van der Waals surface area contributed by atoms with Crippen molar-refractivity contribution in [2.45, 2.75) is 13.0 Å². The van der Waals surface area contributed by atoms with Crippen LogP contribution in [0.1, 0.15) is 22.7 Å². The largest absolute Gasteiger partial charge is 0.325 e. The molecule has 3 rings (SSSR count). The fourth-order valence-electron chi connectivity index (χ4n) is 2.47. The molecule has 1 amide bonds. The van der Waals surface area contributed by atoms with Crippen LogP contribution in [-0.4, -0.2) is 12.5 Å². The fourth-order valence-corrected chi connectivity index (χ4v) is 2.47. The van der Waals surface area contributed by atoms with E-state index < -0.39 is 0 Å². The predicted octanol–water partition coefficient (Wildman–Crippen LogP) is 2.63. The Hall–Kier alpha value is -2.13. The van der Waals surface area contributed by atoms with Gasteiger partial charge in [-0.25, -0.2) is 0 Å². The van der Waals surface area contributed by atoms with Crippen molar-refractivity contribution in [1.82, 2.24) is 5.32 Å². The molecule has 0 saturated heterocycles. The van der Waals surface area contributed by atoms with E-state index in [0.717, 1.165) is 16.8 Å². The highest BCUT2D eigenvalue weighted by Gasteiger charge is 2.22. The van der Waals surface area contributed by atoms with Gasteiger partial charge in [-0.3, -0.25) is 10.1 Å². The minimum absolute atomic E-state index is 0.00489. The van der Waals surface area contributed by atoms with Gasteiger partial charge < -0.3 is 5.32 Å². The van der Waals surface area contributed by atoms with Crippen molar-refractivity contribution in [2.75, 3.05) is 11.9 Å². The van der Waals surface area contributed by atoms with Crippen molar-refractivity contribution in [3.63, 3.8) is 0 Å². The van der Waals surface area contributed by atoms with E-state index in [1.165, 1.54) is 5.56 Å². The number of hydrogen-bond acceptors (Lipinski definition) is 2. The number of rotatable bonds is 1. The van der Waals surface area contributed by atoms with Crippen LogP contribution >= 0.6 is 0 Å². The van der Waals surface area contributed by atoms with E-state index in [1.807, 2.05) is 31.2 Å². The molecule has 2 aromatic rings. The van der Waals surface area contributed by atoms with Gasteiger partial charge in [-0.05, 0) is 29.7 Å². The Kier molecular flexibility index (Phi) is 3.05. The summed E-state index contributed by atoms with van der Waals surface area (Å²) in [5.41, 5.74) is 4.34. The summed E-state index contributed by atoms with van der Waals surface area (Å²) in [7, 11) is 0. The zero-order valence-corrected chi connectivity index (χ0v) is 10.8. The van der Waals surface area contributed by atoms with Crippen molar-refractivity contribution >= 4 is 11.6 Å². The summed E-state index contributed by atoms with van der Waals surface area (Å²) in [6.07, 6.45) is 0. The van der Waals surface area contributed by atoms with Crippen molar-refractivity contribution in [3.8, 4) is 0 Å². The summed E-state index contributed by atoms with van der Waals surface area (Å²) >= 11 is 0. The van der Waals surface area contributed by atoms with E-state index in [-0.39, 0.29) is 11.9 Å². The fraction of sp³-hybridized carbons (Fsp3) is 0.188. The lowest BCUT2D eigenvalue weighted by Gasteiger charge is -2.18. The molecule has 1 atom stereocenters. The summed E-state index contributed by atoms with van der Waals surface area (Å²) in [5.74, 6) is 0.00489. The summed E-state index contributed by atoms with van der Waals surface area (Å²) in [6, 6.07) is 16.4. The number of carbonyl (C=O) groups is 1. The zero-order valence-electron chi connectivity index (χ0n) is 10.8. The van der Waals surface area contributed by atoms with E-state index >= 15 is 0 Å². The van der Waals surface area contributed by atoms with Gasteiger partial charge in [-0.15, -0.1) is 0 Å². The molecule has 1 heterocycles. The first-order valence-electron chi connectivity index (χ1n) is 6.43. The quantitative estimate of drug-likeness (QED) is 0.819. The number of hydrogen-bond donors (Lipinski definition) is 2. The average molecular weight is 252 g/mol. The smallest absolute Gasteiger partial charge is 0.238 e. The first-order chi connectivity index (χ1) is 9.24. The Morgan fingerprint density at radius 2 is 1.89 bits per heavy atom. The Morgan fingerprint density at radius 3 is 2.68 bits per heavy atom. The van der Waals surface area contributed by atoms with Crippen LogP contribution in [0.4, 0.5) is 5.69 Å². The Bertz CT molecular complexity index is 607. The zero-order chi connectivity index (χ0) is 13.2. The molecule has 0 fully saturated rings. The number of anilines is 1. The van der Waals surface area contributed by atoms with Gasteiger partial charge in [0, 0.05) is 5.69 Å². The van der Waals surface area contributed by atoms with E-state index in [1.54, 1.807) is 0 Å². The molecule has 3 heteroatoms. The van der Waals surface area contributed by atoms with Crippen LogP contribution in [0.15, 0.2) is 48.5 Å². The summed E-state index contributed by atoms with van der Waals surface area (Å²) < 4.78 is 0. The highest BCUT2D eigenvalue weighted by Crippen LogP contribution is 2.30. The second kappa shape index (κ2) is 4.86. The Balaban J connectivity index is 2.10. The molecular formula is C16H16N2O. The van der Waals surface area contributed by atoms with E-state index in [9.17, 15) is 4.79 Å². The molecule has 96 valence electrons. The van der Waals surface area contributed by atoms with Gasteiger partial charge in [0.15, 0.2) is 0 Å². The maximum Gasteiger partial charge on any atom is 0.238 e. The molecule has 19 heavy (non-hydrogen) atoms. The first kappa shape index (κ1) is 11.9. The number of benzene rings is 2. The van der Waals surface area contributed by atoms with Gasteiger partial charge >= 0.3 is 0 Å². The van der Waals surface area contributed by atoms with Gasteiger partial charge in [-0.2, -0.15) is 0 Å². The molecule has 0 spiro atoms. The van der Waals surface area contributed by atoms with Crippen LogP contribution in [0.25, 0.3) is 0 Å². The van der Waals surface area contributed by atoms with E-state index in [4.69, 9.17) is 0 Å². The molecular weight excluding hydrogens is 236 g/mol. The van der Waals surface area contributed by atoms with E-state index in [2.05, 4.69) is 34.9 Å². The van der Waals surface area contributed by atoms with Crippen LogP contribution in [0.5, 0.6) is 0 Å². The monoisotopic (exact) mass is 252 g/mol. The standard InChI is InChI=1S/C16H16N2O/c1-11-7-8-13-14(9-11)18-15(19)10-17-16(13)12-5-3-2-4-6-12/h2-9,16-17H,10H2,1H3,(H,18,19). The minimum Gasteiger partial charge on any atom is -0.325 e. The van der Waals surface area contributed by atoms with Crippen LogP contribution in [0.3, 0.4) is 0 Å². The van der Waals surface area contributed by atoms with Crippen molar-refractivity contribution < 1.29 is 4.79 Å². The minimum atomic E-state index is 0.00489. The van der Waals surface area contributed by atoms with Crippen LogP contribution < -0.4 is 10.6 Å². The normalized spacial score (nSPS) is 18.4. The number of amides is 1. The number of aryl methyl sites for hydroxylation is 1. The predicted molar refractivity (Wildman–Crippen MR) is 76.1 cm³/mol. The SMILES string of the molecule is Cc1ccc2c(c1)NC(=O)CNC2c1ccccc1. The molecule has 2 N–H and O–H groups in total. The maximum absolute atomic E-state index is 11.8. The summed E-state index contributed by atoms with van der Waals surface area (Å²) in [6.45, 7) is 2.36. The third kappa shape index (κ3) is 2.37. The molecule has 2 aromatic carbocycles. The maximum atomic E-state index is 11.8. The molecule has 1 unspecified atom stereocenters. The van der Waals surface area contributed by atoms with Crippen molar-refractivity contribution in [2.24, 2.45) is 0 Å². The lowest BCUT2D eigenvalue weighted by Crippen LogP contribution is -2.27. The van der Waals surface area contributed by atoms with Crippen LogP contribution in [-0.2, 0) is 4.79 Å². The van der Waals surface area contributed by atoms with Gasteiger partial charge in [-0.1, -0.05) is 42.5 Å². The second-order valence-corrected chi connectivity index (χ2v) is 4.86. The Labute approximate surface area is 112 Å². The summed E-state index contributed by atoms with van der Waals surface area (Å²) in [4.78, 5) is 11.8. The molecule has 0 aliphatic carbocycles. The van der Waals surface area contributed by atoms with Crippen molar-refractivity contribution in [3.05, 3.63) is 65.2 Å². The molecule has 0 aromatic heterocycles. The van der Waals surface area contributed by atoms with Gasteiger partial charge in [0.2, 0.25) is 5.91 Å². The molecule has 1 aliphatic rings. The molecule has 0 bridgehead atoms. The average Bonchev–Trinajstić information content (AvgIpc) is 2.57. The van der Waals surface area contributed by atoms with Gasteiger partial charge in [0.25, 0.3) is 0 Å². The Morgan fingerprint density at radius 1 is 1.11 bits per heavy atom. The molecule has 1 aliphatic heterocycles. The molecule has 0 saturated carbocycles. The highest BCUT2D eigenvalue weighted by molar-refractivity contribution is 5.94. The lowest BCUT2D eigenvalue weighted by molar-refractivity contribution is -0.115. The van der Waals surface area contributed by atoms with Gasteiger partial charge in [0.05, 0.1) is 12.6 Å². The summed E-state index contributed by atoms with van der Waals surface area (Å²) in [5, 5.41) is 6.27. The highest BCUT2D eigenvalue weighted by atomic mass is 16.1. The van der Waals surface area contributed by atoms with Crippen LogP contribution in [0, 0.1) is 6.92 Å². The molecule has 3 nitrogen and oxygen atoms in total. The first-order valence-corrected chi connectivity index (χ1v) is 6.43. The van der Waals surface area contributed by atoms with Crippen molar-refractivity contribution in [1.29, 1.82) is 0 Å².